The van der Waals surface area contributed by atoms with Crippen molar-refractivity contribution in [1.82, 2.24) is 14.7 Å². The van der Waals surface area contributed by atoms with Gasteiger partial charge in [0, 0.05) is 50.4 Å². The summed E-state index contributed by atoms with van der Waals surface area (Å²) < 4.78 is 88.0. The van der Waals surface area contributed by atoms with Gasteiger partial charge in [-0.1, -0.05) is 66.7 Å². The summed E-state index contributed by atoms with van der Waals surface area (Å²) in [7, 11) is 0. The maximum Gasteiger partial charge on any atom is 0.416 e. The van der Waals surface area contributed by atoms with Crippen LogP contribution < -0.4 is 4.74 Å². The number of hydrogen-bond donors (Lipinski definition) is 0. The van der Waals surface area contributed by atoms with Crippen LogP contribution in [0.25, 0.3) is 0 Å². The smallest absolute Gasteiger partial charge is 0.416 e. The Balaban J connectivity index is 1.20. The number of aryl methyl sites for hydroxylation is 2. The van der Waals surface area contributed by atoms with E-state index in [1.165, 1.54) is 4.90 Å². The number of nitrogens with zero attached hydrogens (tertiary/aromatic N) is 3. The van der Waals surface area contributed by atoms with Crippen molar-refractivity contribution in [3.05, 3.63) is 136 Å². The quantitative estimate of drug-likeness (QED) is 0.103. The number of halogens is 6. The maximum atomic E-state index is 13.9. The van der Waals surface area contributed by atoms with Gasteiger partial charge in [-0.05, 0) is 85.7 Å². The minimum absolute atomic E-state index is 0.000413. The number of rotatable bonds is 8. The minimum atomic E-state index is -5.06. The molecule has 3 atom stereocenters. The number of carbonyl (C=O) groups excluding carboxylic acids is 2. The molecule has 2 saturated heterocycles. The van der Waals surface area contributed by atoms with Gasteiger partial charge in [0.15, 0.2) is 0 Å². The normalized spacial score (nSPS) is 19.5. The van der Waals surface area contributed by atoms with Crippen LogP contribution in [0.15, 0.2) is 97.1 Å². The van der Waals surface area contributed by atoms with Crippen molar-refractivity contribution in [2.45, 2.75) is 63.6 Å². The van der Waals surface area contributed by atoms with E-state index in [9.17, 15) is 35.9 Å². The second-order valence-electron chi connectivity index (χ2n) is 13.9. The summed E-state index contributed by atoms with van der Waals surface area (Å²) in [6.45, 7) is 6.37. The molecule has 2 aliphatic rings. The third-order valence-electron chi connectivity index (χ3n) is 10.1. The lowest BCUT2D eigenvalue weighted by Gasteiger charge is -2.47. The van der Waals surface area contributed by atoms with Crippen LogP contribution in [-0.2, 0) is 23.6 Å². The van der Waals surface area contributed by atoms with Crippen LogP contribution in [-0.4, -0.2) is 71.4 Å². The first kappa shape index (κ1) is 38.1. The monoisotopic (exact) mass is 737 g/mol. The van der Waals surface area contributed by atoms with Crippen molar-refractivity contribution in [3.63, 3.8) is 0 Å². The van der Waals surface area contributed by atoms with E-state index in [2.05, 4.69) is 9.80 Å². The number of amides is 1. The highest BCUT2D eigenvalue weighted by Gasteiger charge is 2.41. The summed E-state index contributed by atoms with van der Waals surface area (Å²) in [6, 6.07) is 24.4. The lowest BCUT2D eigenvalue weighted by molar-refractivity contribution is -0.143. The number of alkyl halides is 6. The standard InChI is InChI=1S/C41H41F6N3O3/c1-27-19-28(2)21-36(20-27)53-39(52)37(30-11-7-4-8-12-30)49-17-15-48(16-18-49)34-13-14-50(35(26-34)22-29-9-5-3-6-10-29)38(51)31-23-32(40(42,43)44)25-33(24-31)41(45,46)47/h3-12,19-21,23-25,34-35,37H,13-18,22,26H2,1-2H3. The average molecular weight is 738 g/mol. The molecule has 0 radical (unpaired) electrons. The Labute approximate surface area is 305 Å². The molecule has 6 nitrogen and oxygen atoms in total. The van der Waals surface area contributed by atoms with E-state index in [4.69, 9.17) is 4.74 Å². The molecule has 0 saturated carbocycles. The zero-order chi connectivity index (χ0) is 37.9. The lowest BCUT2D eigenvalue weighted by Crippen LogP contribution is -2.57. The highest BCUT2D eigenvalue weighted by Crippen LogP contribution is 2.37. The number of hydrogen-bond acceptors (Lipinski definition) is 5. The molecule has 280 valence electrons. The van der Waals surface area contributed by atoms with Crippen molar-refractivity contribution in [3.8, 4) is 5.75 Å². The Hall–Kier alpha value is -4.68. The van der Waals surface area contributed by atoms with Gasteiger partial charge in [-0.3, -0.25) is 14.6 Å². The van der Waals surface area contributed by atoms with Gasteiger partial charge in [0.2, 0.25) is 0 Å². The summed E-state index contributed by atoms with van der Waals surface area (Å²) in [5.41, 5.74) is -0.00250. The molecule has 0 spiro atoms. The second-order valence-corrected chi connectivity index (χ2v) is 13.9. The van der Waals surface area contributed by atoms with Crippen molar-refractivity contribution in [1.29, 1.82) is 0 Å². The van der Waals surface area contributed by atoms with Crippen molar-refractivity contribution in [2.24, 2.45) is 0 Å². The molecule has 3 unspecified atom stereocenters. The predicted octanol–water partition coefficient (Wildman–Crippen LogP) is 8.52. The number of likely N-dealkylation sites (tertiary alicyclic amines) is 1. The van der Waals surface area contributed by atoms with Gasteiger partial charge >= 0.3 is 18.3 Å². The van der Waals surface area contributed by atoms with Gasteiger partial charge < -0.3 is 9.64 Å². The highest BCUT2D eigenvalue weighted by atomic mass is 19.4. The lowest BCUT2D eigenvalue weighted by atomic mass is 9.90. The second kappa shape index (κ2) is 15.7. The van der Waals surface area contributed by atoms with Crippen molar-refractivity contribution >= 4 is 11.9 Å². The van der Waals surface area contributed by atoms with E-state index in [-0.39, 0.29) is 24.6 Å². The third-order valence-corrected chi connectivity index (χ3v) is 10.1. The highest BCUT2D eigenvalue weighted by molar-refractivity contribution is 5.95. The van der Waals surface area contributed by atoms with Gasteiger partial charge in [0.05, 0.1) is 11.1 Å². The fourth-order valence-corrected chi connectivity index (χ4v) is 7.61. The van der Waals surface area contributed by atoms with Gasteiger partial charge in [0.1, 0.15) is 11.8 Å². The van der Waals surface area contributed by atoms with Gasteiger partial charge in [0.25, 0.3) is 5.91 Å². The molecule has 0 aliphatic carbocycles. The summed E-state index contributed by atoms with van der Waals surface area (Å²) in [5, 5.41) is 0. The van der Waals surface area contributed by atoms with Crippen LogP contribution in [0, 0.1) is 13.8 Å². The molecule has 53 heavy (non-hydrogen) atoms. The molecule has 12 heteroatoms. The zero-order valence-electron chi connectivity index (χ0n) is 29.5. The number of piperazine rings is 1. The number of piperidine rings is 1. The Kier molecular flexibility index (Phi) is 11.3. The van der Waals surface area contributed by atoms with Crippen molar-refractivity contribution < 1.29 is 40.7 Å². The first-order valence-electron chi connectivity index (χ1n) is 17.6. The summed E-state index contributed by atoms with van der Waals surface area (Å²) >= 11 is 0. The van der Waals surface area contributed by atoms with E-state index < -0.39 is 47.0 Å². The molecule has 6 rings (SSSR count). The molecule has 1 amide bonds. The van der Waals surface area contributed by atoms with E-state index in [0.717, 1.165) is 22.3 Å². The fraction of sp³-hybridized carbons (Fsp3) is 0.366. The number of benzene rings is 4. The van der Waals surface area contributed by atoms with Crippen LogP contribution in [0.2, 0.25) is 0 Å². The molecule has 2 aliphatic heterocycles. The third kappa shape index (κ3) is 9.28. The summed E-state index contributed by atoms with van der Waals surface area (Å²) in [4.78, 5) is 33.5. The van der Waals surface area contributed by atoms with Gasteiger partial charge in [-0.2, -0.15) is 26.3 Å². The van der Waals surface area contributed by atoms with Crippen LogP contribution in [0.4, 0.5) is 26.3 Å². The summed E-state index contributed by atoms with van der Waals surface area (Å²) in [5.74, 6) is -0.760. The maximum absolute atomic E-state index is 13.9. The SMILES string of the molecule is Cc1cc(C)cc(OC(=O)C(c2ccccc2)N2CCN(C3CCN(C(=O)c4cc(C(F)(F)F)cc(C(F)(F)F)c4)C(Cc4ccccc4)C3)CC2)c1. The molecule has 0 N–H and O–H groups in total. The largest absolute Gasteiger partial charge is 0.425 e. The minimum Gasteiger partial charge on any atom is -0.425 e. The average Bonchev–Trinajstić information content (AvgIpc) is 3.11. The zero-order valence-corrected chi connectivity index (χ0v) is 29.5. The Bertz CT molecular complexity index is 1840. The van der Waals surface area contributed by atoms with Crippen molar-refractivity contribution in [2.75, 3.05) is 32.7 Å². The number of esters is 1. The Morgan fingerprint density at radius 3 is 1.87 bits per heavy atom. The molecule has 0 bridgehead atoms. The molecular formula is C41H41F6N3O3. The topological polar surface area (TPSA) is 53.1 Å². The first-order chi connectivity index (χ1) is 25.2. The molecule has 2 fully saturated rings. The molecule has 2 heterocycles. The fourth-order valence-electron chi connectivity index (χ4n) is 7.61. The molecule has 0 aromatic heterocycles. The molecule has 4 aromatic rings. The van der Waals surface area contributed by atoms with E-state index in [0.29, 0.717) is 63.3 Å². The van der Waals surface area contributed by atoms with Crippen LogP contribution in [0.3, 0.4) is 0 Å². The Morgan fingerprint density at radius 2 is 1.30 bits per heavy atom. The Morgan fingerprint density at radius 1 is 0.736 bits per heavy atom. The van der Waals surface area contributed by atoms with Crippen LogP contribution in [0.5, 0.6) is 5.75 Å². The number of ether oxygens (including phenoxy) is 1. The van der Waals surface area contributed by atoms with E-state index in [1.807, 2.05) is 92.7 Å². The van der Waals surface area contributed by atoms with Crippen LogP contribution >= 0.6 is 0 Å². The predicted molar refractivity (Wildman–Crippen MR) is 188 cm³/mol. The van der Waals surface area contributed by atoms with E-state index in [1.54, 1.807) is 0 Å². The van der Waals surface area contributed by atoms with Gasteiger partial charge in [-0.25, -0.2) is 4.79 Å². The molecular weight excluding hydrogens is 696 g/mol. The summed E-state index contributed by atoms with van der Waals surface area (Å²) in [6.07, 6.45) is -8.79. The van der Waals surface area contributed by atoms with Crippen LogP contribution in [0.1, 0.15) is 62.6 Å². The van der Waals surface area contributed by atoms with E-state index >= 15 is 0 Å². The van der Waals surface area contributed by atoms with Gasteiger partial charge in [-0.15, -0.1) is 0 Å². The molecule has 4 aromatic carbocycles. The number of carbonyl (C=O) groups is 2. The first-order valence-corrected chi connectivity index (χ1v) is 17.6.